The van der Waals surface area contributed by atoms with Gasteiger partial charge in [-0.3, -0.25) is 0 Å². The molecule has 6 nitrogen and oxygen atoms in total. The molecule has 0 atom stereocenters. The molecule has 146 valence electrons. The highest BCUT2D eigenvalue weighted by molar-refractivity contribution is 5.91. The molecule has 2 heterocycles. The van der Waals surface area contributed by atoms with Crippen molar-refractivity contribution in [3.05, 3.63) is 22.9 Å². The first kappa shape index (κ1) is 19.6. The Hall–Kier alpha value is -2.13. The topological polar surface area (TPSA) is 78.2 Å². The summed E-state index contributed by atoms with van der Waals surface area (Å²) in [5.74, 6) is 0.932. The molecule has 3 rings (SSSR count). The van der Waals surface area contributed by atoms with Gasteiger partial charge >= 0.3 is 5.97 Å². The standard InChI is InChI=1S/C21H30N4O2/c1-15-19(21(26)27-2)12-17(13-22)20(24-15)25-10-8-16(9-11-25)14-23-18-6-4-3-5-7-18/h12,16,18,23H,3-11,14H2,1-2H3. The van der Waals surface area contributed by atoms with E-state index in [1.165, 1.54) is 39.2 Å². The molecule has 27 heavy (non-hydrogen) atoms. The number of hydrogen-bond donors (Lipinski definition) is 1. The maximum Gasteiger partial charge on any atom is 0.339 e. The van der Waals surface area contributed by atoms with E-state index in [4.69, 9.17) is 4.74 Å². The molecule has 0 aromatic carbocycles. The summed E-state index contributed by atoms with van der Waals surface area (Å²) in [6.45, 7) is 4.68. The van der Waals surface area contributed by atoms with E-state index in [0.717, 1.165) is 32.5 Å². The fourth-order valence-corrected chi connectivity index (χ4v) is 4.22. The van der Waals surface area contributed by atoms with Gasteiger partial charge in [0.25, 0.3) is 0 Å². The minimum absolute atomic E-state index is 0.365. The monoisotopic (exact) mass is 370 g/mol. The number of hydrogen-bond acceptors (Lipinski definition) is 6. The van der Waals surface area contributed by atoms with Gasteiger partial charge in [-0.2, -0.15) is 5.26 Å². The smallest absolute Gasteiger partial charge is 0.339 e. The average molecular weight is 370 g/mol. The van der Waals surface area contributed by atoms with Crippen molar-refractivity contribution in [2.75, 3.05) is 31.6 Å². The second-order valence-corrected chi connectivity index (χ2v) is 7.77. The fraction of sp³-hybridized carbons (Fsp3) is 0.667. The molecule has 0 spiro atoms. The number of nitrogens with one attached hydrogen (secondary N) is 1. The number of aromatic nitrogens is 1. The van der Waals surface area contributed by atoms with Crippen LogP contribution in [0.2, 0.25) is 0 Å². The Morgan fingerprint density at radius 2 is 2.00 bits per heavy atom. The van der Waals surface area contributed by atoms with Crippen molar-refractivity contribution in [3.63, 3.8) is 0 Å². The number of rotatable bonds is 5. The molecule has 1 aliphatic heterocycles. The highest BCUT2D eigenvalue weighted by Crippen LogP contribution is 2.27. The van der Waals surface area contributed by atoms with Crippen molar-refractivity contribution >= 4 is 11.8 Å². The minimum atomic E-state index is -0.449. The van der Waals surface area contributed by atoms with Gasteiger partial charge in [-0.05, 0) is 51.1 Å². The molecule has 0 bridgehead atoms. The van der Waals surface area contributed by atoms with Gasteiger partial charge in [-0.1, -0.05) is 19.3 Å². The summed E-state index contributed by atoms with van der Waals surface area (Å²) in [4.78, 5) is 18.6. The molecule has 1 N–H and O–H groups in total. The highest BCUT2D eigenvalue weighted by atomic mass is 16.5. The number of esters is 1. The van der Waals surface area contributed by atoms with Crippen LogP contribution in [0.4, 0.5) is 5.82 Å². The third kappa shape index (κ3) is 4.78. The summed E-state index contributed by atoms with van der Waals surface area (Å²) in [7, 11) is 1.34. The average Bonchev–Trinajstić information content (AvgIpc) is 2.72. The molecule has 1 saturated carbocycles. The van der Waals surface area contributed by atoms with E-state index in [1.807, 2.05) is 0 Å². The fourth-order valence-electron chi connectivity index (χ4n) is 4.22. The van der Waals surface area contributed by atoms with Crippen LogP contribution in [0.5, 0.6) is 0 Å². The number of aryl methyl sites for hydroxylation is 1. The van der Waals surface area contributed by atoms with Gasteiger partial charge in [0, 0.05) is 19.1 Å². The van der Waals surface area contributed by atoms with Crippen molar-refractivity contribution in [1.82, 2.24) is 10.3 Å². The van der Waals surface area contributed by atoms with Gasteiger partial charge in [0.1, 0.15) is 11.9 Å². The normalized spacial score (nSPS) is 18.9. The van der Waals surface area contributed by atoms with Crippen LogP contribution in [0.25, 0.3) is 0 Å². The number of carbonyl (C=O) groups excluding carboxylic acids is 1. The van der Waals surface area contributed by atoms with Crippen molar-refractivity contribution in [2.45, 2.75) is 57.9 Å². The van der Waals surface area contributed by atoms with Crippen LogP contribution in [-0.2, 0) is 4.74 Å². The third-order valence-electron chi connectivity index (χ3n) is 5.93. The summed E-state index contributed by atoms with van der Waals surface area (Å²) in [5, 5.41) is 13.3. The first-order valence-electron chi connectivity index (χ1n) is 10.1. The van der Waals surface area contributed by atoms with E-state index in [9.17, 15) is 10.1 Å². The highest BCUT2D eigenvalue weighted by Gasteiger charge is 2.25. The summed E-state index contributed by atoms with van der Waals surface area (Å²) < 4.78 is 4.78. The molecule has 2 fully saturated rings. The first-order chi connectivity index (χ1) is 13.1. The number of carbonyl (C=O) groups is 1. The quantitative estimate of drug-likeness (QED) is 0.802. The summed E-state index contributed by atoms with van der Waals surface area (Å²) in [6.07, 6.45) is 8.95. The lowest BCUT2D eigenvalue weighted by Gasteiger charge is -2.34. The van der Waals surface area contributed by atoms with Crippen molar-refractivity contribution in [3.8, 4) is 6.07 Å². The van der Waals surface area contributed by atoms with Crippen LogP contribution in [-0.4, -0.2) is 43.7 Å². The van der Waals surface area contributed by atoms with E-state index in [1.54, 1.807) is 13.0 Å². The Morgan fingerprint density at radius 3 is 2.63 bits per heavy atom. The minimum Gasteiger partial charge on any atom is -0.465 e. The SMILES string of the molecule is COC(=O)c1cc(C#N)c(N2CCC(CNC3CCCCC3)CC2)nc1C. The summed E-state index contributed by atoms with van der Waals surface area (Å²) in [5.41, 5.74) is 1.42. The molecule has 1 saturated heterocycles. The van der Waals surface area contributed by atoms with Gasteiger partial charge in [0.15, 0.2) is 0 Å². The predicted octanol–water partition coefficient (Wildman–Crippen LogP) is 3.19. The van der Waals surface area contributed by atoms with E-state index >= 15 is 0 Å². The second kappa shape index (κ2) is 9.18. The maximum atomic E-state index is 11.8. The van der Waals surface area contributed by atoms with Gasteiger partial charge in [-0.25, -0.2) is 9.78 Å². The second-order valence-electron chi connectivity index (χ2n) is 7.77. The van der Waals surface area contributed by atoms with Crippen molar-refractivity contribution in [1.29, 1.82) is 5.26 Å². The number of pyridine rings is 1. The van der Waals surface area contributed by atoms with Crippen LogP contribution < -0.4 is 10.2 Å². The Balaban J connectivity index is 1.59. The molecule has 6 heteroatoms. The lowest BCUT2D eigenvalue weighted by atomic mass is 9.93. The third-order valence-corrected chi connectivity index (χ3v) is 5.93. The Kier molecular flexibility index (Phi) is 6.68. The zero-order valence-electron chi connectivity index (χ0n) is 16.5. The Bertz CT molecular complexity index is 699. The van der Waals surface area contributed by atoms with E-state index < -0.39 is 5.97 Å². The number of anilines is 1. The van der Waals surface area contributed by atoms with Gasteiger partial charge in [-0.15, -0.1) is 0 Å². The predicted molar refractivity (Wildman–Crippen MR) is 105 cm³/mol. The van der Waals surface area contributed by atoms with E-state index in [0.29, 0.717) is 34.6 Å². The van der Waals surface area contributed by atoms with Crippen molar-refractivity contribution in [2.24, 2.45) is 5.92 Å². The van der Waals surface area contributed by atoms with Gasteiger partial charge in [0.05, 0.1) is 23.9 Å². The molecular formula is C21H30N4O2. The lowest BCUT2D eigenvalue weighted by molar-refractivity contribution is 0.0599. The zero-order valence-corrected chi connectivity index (χ0v) is 16.5. The summed E-state index contributed by atoms with van der Waals surface area (Å²) in [6, 6.07) is 4.51. The molecule has 2 aliphatic rings. The van der Waals surface area contributed by atoms with E-state index in [-0.39, 0.29) is 0 Å². The molecule has 1 aromatic heterocycles. The van der Waals surface area contributed by atoms with Crippen LogP contribution >= 0.6 is 0 Å². The number of methoxy groups -OCH3 is 1. The van der Waals surface area contributed by atoms with Crippen LogP contribution in [0.1, 0.15) is 66.6 Å². The van der Waals surface area contributed by atoms with Crippen LogP contribution in [0.15, 0.2) is 6.07 Å². The maximum absolute atomic E-state index is 11.8. The van der Waals surface area contributed by atoms with Crippen LogP contribution in [0.3, 0.4) is 0 Å². The van der Waals surface area contributed by atoms with Gasteiger partial charge in [0.2, 0.25) is 0 Å². The molecule has 1 aliphatic carbocycles. The zero-order chi connectivity index (χ0) is 19.2. The summed E-state index contributed by atoms with van der Waals surface area (Å²) >= 11 is 0. The number of ether oxygens (including phenoxy) is 1. The molecule has 0 amide bonds. The number of piperidine rings is 1. The van der Waals surface area contributed by atoms with Crippen LogP contribution in [0, 0.1) is 24.2 Å². The lowest BCUT2D eigenvalue weighted by Crippen LogP contribution is -2.41. The van der Waals surface area contributed by atoms with Gasteiger partial charge < -0.3 is 15.0 Å². The first-order valence-corrected chi connectivity index (χ1v) is 10.1. The Morgan fingerprint density at radius 1 is 1.30 bits per heavy atom. The van der Waals surface area contributed by atoms with Crippen molar-refractivity contribution < 1.29 is 9.53 Å². The largest absolute Gasteiger partial charge is 0.465 e. The van der Waals surface area contributed by atoms with E-state index in [2.05, 4.69) is 21.3 Å². The molecular weight excluding hydrogens is 340 g/mol. The molecule has 0 unspecified atom stereocenters. The number of nitriles is 1. The number of nitrogens with zero attached hydrogens (tertiary/aromatic N) is 3. The molecule has 1 aromatic rings. The Labute approximate surface area is 161 Å². The molecule has 0 radical (unpaired) electrons.